The molecule has 3 rings (SSSR count). The Bertz CT molecular complexity index is 1140. The molecular formula is C33H44IrNO2-. The SMILES string of the molecule is CCC(CC)C(=O)/C=C(\O)C(CC)CC.CCCc1ccc2c(-c3[c-]c(C)cc(C)c3)nccc2c1.[Ir]. The molecule has 3 nitrogen and oxygen atoms in total. The minimum atomic E-state index is 0. The Morgan fingerprint density at radius 2 is 1.59 bits per heavy atom. The van der Waals surface area contributed by atoms with Crippen molar-refractivity contribution < 1.29 is 30.0 Å². The molecule has 0 fully saturated rings. The van der Waals surface area contributed by atoms with Crippen molar-refractivity contribution in [3.05, 3.63) is 77.2 Å². The van der Waals surface area contributed by atoms with Crippen molar-refractivity contribution in [3.8, 4) is 11.3 Å². The zero-order valence-corrected chi connectivity index (χ0v) is 26.0. The van der Waals surface area contributed by atoms with Gasteiger partial charge >= 0.3 is 0 Å². The molecular weight excluding hydrogens is 635 g/mol. The number of allylic oxidation sites excluding steroid dienone is 2. The first kappa shape index (κ1) is 32.7. The molecule has 0 saturated carbocycles. The number of aliphatic hydroxyl groups excluding tert-OH is 1. The number of fused-ring (bicyclic) bond motifs is 1. The number of aryl methyl sites for hydroxylation is 3. The Labute approximate surface area is 238 Å². The minimum Gasteiger partial charge on any atom is -0.512 e. The number of nitrogens with zero attached hydrogens (tertiary/aromatic N) is 1. The van der Waals surface area contributed by atoms with Crippen molar-refractivity contribution in [1.82, 2.24) is 4.98 Å². The summed E-state index contributed by atoms with van der Waals surface area (Å²) in [6.07, 6.45) is 9.11. The van der Waals surface area contributed by atoms with E-state index >= 15 is 0 Å². The van der Waals surface area contributed by atoms with Crippen LogP contribution in [-0.4, -0.2) is 15.9 Å². The van der Waals surface area contributed by atoms with E-state index in [0.717, 1.165) is 48.9 Å². The normalized spacial score (nSPS) is 11.3. The first-order valence-corrected chi connectivity index (χ1v) is 13.6. The van der Waals surface area contributed by atoms with Crippen LogP contribution in [0.2, 0.25) is 0 Å². The summed E-state index contributed by atoms with van der Waals surface area (Å²) in [7, 11) is 0. The summed E-state index contributed by atoms with van der Waals surface area (Å²) in [4.78, 5) is 16.3. The summed E-state index contributed by atoms with van der Waals surface area (Å²) in [5.74, 6) is 0.547. The van der Waals surface area contributed by atoms with Crippen LogP contribution in [0.4, 0.5) is 0 Å². The van der Waals surface area contributed by atoms with Crippen LogP contribution in [0.5, 0.6) is 0 Å². The number of benzene rings is 2. The van der Waals surface area contributed by atoms with Crippen molar-refractivity contribution in [2.45, 2.75) is 87.0 Å². The van der Waals surface area contributed by atoms with E-state index in [-0.39, 0.29) is 43.5 Å². The molecule has 2 aromatic carbocycles. The Morgan fingerprint density at radius 3 is 2.16 bits per heavy atom. The third kappa shape index (κ3) is 9.51. The Kier molecular flexibility index (Phi) is 14.6. The van der Waals surface area contributed by atoms with Gasteiger partial charge in [0.1, 0.15) is 0 Å². The molecule has 0 spiro atoms. The smallest absolute Gasteiger partial charge is 0.162 e. The number of rotatable bonds is 10. The van der Waals surface area contributed by atoms with Crippen LogP contribution >= 0.6 is 0 Å². The monoisotopic (exact) mass is 679 g/mol. The van der Waals surface area contributed by atoms with E-state index < -0.39 is 0 Å². The molecule has 1 aromatic heterocycles. The quantitative estimate of drug-likeness (QED) is 0.132. The molecule has 4 heteroatoms. The van der Waals surface area contributed by atoms with Gasteiger partial charge in [0, 0.05) is 44.2 Å². The maximum atomic E-state index is 11.7. The van der Waals surface area contributed by atoms with E-state index in [0.29, 0.717) is 0 Å². The van der Waals surface area contributed by atoms with Gasteiger partial charge in [0.25, 0.3) is 0 Å². The number of carbonyl (C=O) groups is 1. The van der Waals surface area contributed by atoms with Gasteiger partial charge in [-0.25, -0.2) is 0 Å². The third-order valence-corrected chi connectivity index (χ3v) is 6.85. The maximum absolute atomic E-state index is 11.7. The molecule has 0 aliphatic carbocycles. The van der Waals surface area contributed by atoms with E-state index in [4.69, 9.17) is 0 Å². The van der Waals surface area contributed by atoms with Crippen LogP contribution in [0.15, 0.2) is 54.4 Å². The molecule has 203 valence electrons. The number of aromatic nitrogens is 1. The molecule has 37 heavy (non-hydrogen) atoms. The first-order chi connectivity index (χ1) is 17.3. The van der Waals surface area contributed by atoms with Gasteiger partial charge in [0.05, 0.1) is 5.76 Å². The number of pyridine rings is 1. The van der Waals surface area contributed by atoms with Crippen LogP contribution in [0.1, 0.15) is 83.4 Å². The van der Waals surface area contributed by atoms with E-state index in [2.05, 4.69) is 68.2 Å². The summed E-state index contributed by atoms with van der Waals surface area (Å²) in [6.45, 7) is 14.5. The number of ketones is 1. The molecule has 3 aromatic rings. The second-order valence-electron chi connectivity index (χ2n) is 9.72. The zero-order valence-electron chi connectivity index (χ0n) is 23.7. The molecule has 1 heterocycles. The van der Waals surface area contributed by atoms with Gasteiger partial charge in [0.2, 0.25) is 0 Å². The van der Waals surface area contributed by atoms with Gasteiger partial charge in [-0.05, 0) is 60.2 Å². The van der Waals surface area contributed by atoms with E-state index in [1.54, 1.807) is 0 Å². The first-order valence-electron chi connectivity index (χ1n) is 13.6. The zero-order chi connectivity index (χ0) is 26.7. The molecule has 1 N–H and O–H groups in total. The predicted molar refractivity (Wildman–Crippen MR) is 153 cm³/mol. The van der Waals surface area contributed by atoms with Gasteiger partial charge in [-0.3, -0.25) is 4.79 Å². The largest absolute Gasteiger partial charge is 0.512 e. The van der Waals surface area contributed by atoms with Gasteiger partial charge in [0.15, 0.2) is 5.78 Å². The van der Waals surface area contributed by atoms with Crippen molar-refractivity contribution in [2.24, 2.45) is 11.8 Å². The summed E-state index contributed by atoms with van der Waals surface area (Å²) in [6, 6.07) is 16.5. The van der Waals surface area contributed by atoms with Crippen molar-refractivity contribution in [1.29, 1.82) is 0 Å². The van der Waals surface area contributed by atoms with Gasteiger partial charge in [-0.15, -0.1) is 34.9 Å². The van der Waals surface area contributed by atoms with Crippen molar-refractivity contribution >= 4 is 16.6 Å². The van der Waals surface area contributed by atoms with Crippen LogP contribution < -0.4 is 0 Å². The summed E-state index contributed by atoms with van der Waals surface area (Å²) < 4.78 is 0. The fourth-order valence-corrected chi connectivity index (χ4v) is 4.69. The van der Waals surface area contributed by atoms with Crippen LogP contribution in [0.25, 0.3) is 22.0 Å². The molecule has 0 aliphatic heterocycles. The second-order valence-corrected chi connectivity index (χ2v) is 9.72. The van der Waals surface area contributed by atoms with Gasteiger partial charge < -0.3 is 10.1 Å². The van der Waals surface area contributed by atoms with Gasteiger partial charge in [-0.1, -0.05) is 73.1 Å². The Balaban J connectivity index is 0.000000384. The summed E-state index contributed by atoms with van der Waals surface area (Å²) in [5.41, 5.74) is 5.92. The van der Waals surface area contributed by atoms with Crippen molar-refractivity contribution in [3.63, 3.8) is 0 Å². The van der Waals surface area contributed by atoms with E-state index in [1.165, 1.54) is 34.4 Å². The van der Waals surface area contributed by atoms with Crippen LogP contribution in [0, 0.1) is 31.7 Å². The molecule has 0 aliphatic rings. The second kappa shape index (κ2) is 16.5. The fraction of sp³-hybridized carbons (Fsp3) is 0.455. The van der Waals surface area contributed by atoms with Crippen LogP contribution in [0.3, 0.4) is 0 Å². The topological polar surface area (TPSA) is 50.2 Å². The molecule has 0 bridgehead atoms. The molecule has 1 radical (unpaired) electrons. The predicted octanol–water partition coefficient (Wildman–Crippen LogP) is 9.14. The number of aliphatic hydroxyl groups is 1. The third-order valence-electron chi connectivity index (χ3n) is 6.85. The molecule has 0 unspecified atom stereocenters. The van der Waals surface area contributed by atoms with Gasteiger partial charge in [-0.2, -0.15) is 0 Å². The molecule has 0 saturated heterocycles. The van der Waals surface area contributed by atoms with E-state index in [9.17, 15) is 9.90 Å². The number of hydrogen-bond donors (Lipinski definition) is 1. The molecule has 0 atom stereocenters. The van der Waals surface area contributed by atoms with Crippen molar-refractivity contribution in [2.75, 3.05) is 0 Å². The Hall–Kier alpha value is -2.29. The molecule has 0 amide bonds. The number of carbonyl (C=O) groups excluding carboxylic acids is 1. The minimum absolute atomic E-state index is 0. The average Bonchev–Trinajstić information content (AvgIpc) is 2.85. The standard InChI is InChI=1S/C20H20N.C13H24O2.Ir/c1-4-5-16-6-7-19-17(13-16)8-9-21-20(19)18-11-14(2)10-15(3)12-18;1-5-10(6-2)12(14)9-13(15)11(7-3)8-4;/h6-11,13H,4-5H2,1-3H3;9-11,14H,5-8H2,1-4H3;/q-1;;/b;12-9-;. The summed E-state index contributed by atoms with van der Waals surface area (Å²) >= 11 is 0. The number of hydrogen-bond acceptors (Lipinski definition) is 3. The maximum Gasteiger partial charge on any atom is 0.162 e. The average molecular weight is 679 g/mol. The fourth-order valence-electron chi connectivity index (χ4n) is 4.69. The Morgan fingerprint density at radius 1 is 0.946 bits per heavy atom. The summed E-state index contributed by atoms with van der Waals surface area (Å²) in [5, 5.41) is 12.2. The van der Waals surface area contributed by atoms with E-state index in [1.807, 2.05) is 33.9 Å². The van der Waals surface area contributed by atoms with Crippen LogP contribution in [-0.2, 0) is 31.3 Å².